The molecule has 0 spiro atoms. The zero-order valence-corrected chi connectivity index (χ0v) is 14.4. The molecular formula is C16H16N4O4S. The van der Waals surface area contributed by atoms with Gasteiger partial charge in [-0.05, 0) is 19.1 Å². The Bertz CT molecular complexity index is 1020. The van der Waals surface area contributed by atoms with Gasteiger partial charge in [-0.25, -0.2) is 8.42 Å². The van der Waals surface area contributed by atoms with Gasteiger partial charge in [-0.1, -0.05) is 23.4 Å². The smallest absolute Gasteiger partial charge is 0.246 e. The van der Waals surface area contributed by atoms with Crippen LogP contribution in [0.25, 0.3) is 10.9 Å². The highest BCUT2D eigenvalue weighted by Crippen LogP contribution is 2.26. The highest BCUT2D eigenvalue weighted by atomic mass is 32.2. The lowest BCUT2D eigenvalue weighted by Crippen LogP contribution is -2.37. The Morgan fingerprint density at radius 2 is 2.04 bits per heavy atom. The van der Waals surface area contributed by atoms with Gasteiger partial charge in [0, 0.05) is 17.6 Å². The highest BCUT2D eigenvalue weighted by molar-refractivity contribution is 7.92. The number of anilines is 2. The van der Waals surface area contributed by atoms with Crippen molar-refractivity contribution in [3.05, 3.63) is 48.4 Å². The number of pyridine rings is 1. The molecule has 0 bridgehead atoms. The molecule has 0 aliphatic heterocycles. The molecule has 0 saturated heterocycles. The van der Waals surface area contributed by atoms with Crippen molar-refractivity contribution in [2.24, 2.45) is 0 Å². The van der Waals surface area contributed by atoms with Gasteiger partial charge in [-0.3, -0.25) is 14.1 Å². The van der Waals surface area contributed by atoms with Gasteiger partial charge in [0.25, 0.3) is 0 Å². The Balaban J connectivity index is 1.94. The SMILES string of the molecule is Cc1cc(NC(=O)CN(c2cccc3cccnc23)S(C)(=O)=O)no1. The lowest BCUT2D eigenvalue weighted by atomic mass is 10.2. The van der Waals surface area contributed by atoms with Gasteiger partial charge in [0.15, 0.2) is 5.82 Å². The number of carbonyl (C=O) groups is 1. The van der Waals surface area contributed by atoms with E-state index in [1.54, 1.807) is 37.4 Å². The van der Waals surface area contributed by atoms with E-state index in [1.807, 2.05) is 12.1 Å². The minimum atomic E-state index is -3.70. The number of carbonyl (C=O) groups excluding carboxylic acids is 1. The van der Waals surface area contributed by atoms with E-state index in [2.05, 4.69) is 15.5 Å². The first-order valence-electron chi connectivity index (χ1n) is 7.39. The molecule has 1 amide bonds. The topological polar surface area (TPSA) is 105 Å². The molecule has 2 heterocycles. The van der Waals surface area contributed by atoms with Crippen LogP contribution >= 0.6 is 0 Å². The predicted octanol–water partition coefficient (Wildman–Crippen LogP) is 1.94. The number of sulfonamides is 1. The number of nitrogens with one attached hydrogen (secondary N) is 1. The second-order valence-electron chi connectivity index (χ2n) is 5.49. The van der Waals surface area contributed by atoms with Crippen molar-refractivity contribution in [1.82, 2.24) is 10.1 Å². The van der Waals surface area contributed by atoms with E-state index in [1.165, 1.54) is 0 Å². The molecule has 0 aliphatic carbocycles. The molecule has 130 valence electrons. The number of aryl methyl sites for hydroxylation is 1. The predicted molar refractivity (Wildman–Crippen MR) is 93.8 cm³/mol. The number of para-hydroxylation sites is 1. The lowest BCUT2D eigenvalue weighted by Gasteiger charge is -2.22. The number of aromatic nitrogens is 2. The number of hydrogen-bond donors (Lipinski definition) is 1. The highest BCUT2D eigenvalue weighted by Gasteiger charge is 2.23. The van der Waals surface area contributed by atoms with E-state index in [4.69, 9.17) is 4.52 Å². The molecule has 0 atom stereocenters. The summed E-state index contributed by atoms with van der Waals surface area (Å²) >= 11 is 0. The molecule has 9 heteroatoms. The molecule has 0 radical (unpaired) electrons. The van der Waals surface area contributed by atoms with Crippen LogP contribution in [0.1, 0.15) is 5.76 Å². The summed E-state index contributed by atoms with van der Waals surface area (Å²) < 4.78 is 30.4. The van der Waals surface area contributed by atoms with Crippen LogP contribution in [0.2, 0.25) is 0 Å². The Labute approximate surface area is 144 Å². The van der Waals surface area contributed by atoms with Gasteiger partial charge in [0.05, 0.1) is 17.5 Å². The molecule has 0 fully saturated rings. The molecule has 1 aromatic carbocycles. The fourth-order valence-electron chi connectivity index (χ4n) is 2.41. The summed E-state index contributed by atoms with van der Waals surface area (Å²) in [5.41, 5.74) is 0.840. The number of benzene rings is 1. The molecule has 0 unspecified atom stereocenters. The maximum absolute atomic E-state index is 12.3. The first-order chi connectivity index (χ1) is 11.8. The minimum Gasteiger partial charge on any atom is -0.360 e. The van der Waals surface area contributed by atoms with Crippen LogP contribution in [0.3, 0.4) is 0 Å². The first kappa shape index (κ1) is 16.9. The lowest BCUT2D eigenvalue weighted by molar-refractivity contribution is -0.114. The molecule has 8 nitrogen and oxygen atoms in total. The third-order valence-electron chi connectivity index (χ3n) is 3.46. The van der Waals surface area contributed by atoms with E-state index in [0.29, 0.717) is 17.0 Å². The van der Waals surface area contributed by atoms with Gasteiger partial charge in [0.1, 0.15) is 12.3 Å². The third-order valence-corrected chi connectivity index (χ3v) is 4.59. The van der Waals surface area contributed by atoms with Crippen LogP contribution < -0.4 is 9.62 Å². The second kappa shape index (κ2) is 6.52. The van der Waals surface area contributed by atoms with E-state index in [-0.39, 0.29) is 5.82 Å². The largest absolute Gasteiger partial charge is 0.360 e. The molecule has 25 heavy (non-hydrogen) atoms. The molecule has 0 aliphatic rings. The first-order valence-corrected chi connectivity index (χ1v) is 9.24. The van der Waals surface area contributed by atoms with Gasteiger partial charge >= 0.3 is 0 Å². The Morgan fingerprint density at radius 1 is 1.28 bits per heavy atom. The fourth-order valence-corrected chi connectivity index (χ4v) is 3.26. The summed E-state index contributed by atoms with van der Waals surface area (Å²) in [7, 11) is -3.70. The molecule has 3 rings (SSSR count). The summed E-state index contributed by atoms with van der Waals surface area (Å²) in [6.07, 6.45) is 2.62. The van der Waals surface area contributed by atoms with Crippen molar-refractivity contribution in [2.45, 2.75) is 6.92 Å². The van der Waals surface area contributed by atoms with Crippen LogP contribution in [0, 0.1) is 6.92 Å². The van der Waals surface area contributed by atoms with Gasteiger partial charge < -0.3 is 9.84 Å². The number of hydrogen-bond acceptors (Lipinski definition) is 6. The van der Waals surface area contributed by atoms with Crippen LogP contribution in [0.4, 0.5) is 11.5 Å². The third kappa shape index (κ3) is 3.77. The fraction of sp³-hybridized carbons (Fsp3) is 0.188. The van der Waals surface area contributed by atoms with Crippen LogP contribution in [-0.4, -0.2) is 37.3 Å². The summed E-state index contributed by atoms with van der Waals surface area (Å²) in [5.74, 6) is 0.229. The Hall–Kier alpha value is -2.94. The summed E-state index contributed by atoms with van der Waals surface area (Å²) in [6, 6.07) is 10.3. The van der Waals surface area contributed by atoms with Crippen molar-refractivity contribution >= 4 is 38.3 Å². The number of nitrogens with zero attached hydrogens (tertiary/aromatic N) is 3. The van der Waals surface area contributed by atoms with Crippen LogP contribution in [0.15, 0.2) is 47.1 Å². The van der Waals surface area contributed by atoms with E-state index < -0.39 is 22.5 Å². The minimum absolute atomic E-state index is 0.229. The van der Waals surface area contributed by atoms with Crippen molar-refractivity contribution in [1.29, 1.82) is 0 Å². The number of amides is 1. The maximum Gasteiger partial charge on any atom is 0.246 e. The van der Waals surface area contributed by atoms with Gasteiger partial charge in [-0.2, -0.15) is 0 Å². The van der Waals surface area contributed by atoms with Crippen molar-refractivity contribution in [3.8, 4) is 0 Å². The Kier molecular flexibility index (Phi) is 4.41. The zero-order valence-electron chi connectivity index (χ0n) is 13.6. The van der Waals surface area contributed by atoms with Crippen molar-refractivity contribution < 1.29 is 17.7 Å². The number of rotatable bonds is 5. The van der Waals surface area contributed by atoms with E-state index in [9.17, 15) is 13.2 Å². The second-order valence-corrected chi connectivity index (χ2v) is 7.40. The average molecular weight is 360 g/mol. The van der Waals surface area contributed by atoms with Gasteiger partial charge in [-0.15, -0.1) is 0 Å². The normalized spacial score (nSPS) is 11.4. The molecule has 2 aromatic heterocycles. The summed E-state index contributed by atoms with van der Waals surface area (Å²) in [4.78, 5) is 16.5. The average Bonchev–Trinajstić information content (AvgIpc) is 2.96. The number of fused-ring (bicyclic) bond motifs is 1. The molecule has 0 saturated carbocycles. The maximum atomic E-state index is 12.3. The summed E-state index contributed by atoms with van der Waals surface area (Å²) in [5, 5.41) is 6.95. The van der Waals surface area contributed by atoms with Gasteiger partial charge in [0.2, 0.25) is 15.9 Å². The molecule has 3 aromatic rings. The zero-order chi connectivity index (χ0) is 18.0. The van der Waals surface area contributed by atoms with Crippen LogP contribution in [-0.2, 0) is 14.8 Å². The monoisotopic (exact) mass is 360 g/mol. The van der Waals surface area contributed by atoms with Crippen molar-refractivity contribution in [3.63, 3.8) is 0 Å². The standard InChI is InChI=1S/C16H16N4O4S/c1-11-9-14(19-24-11)18-15(21)10-20(25(2,22)23)13-7-3-5-12-6-4-8-17-16(12)13/h3-9H,10H2,1-2H3,(H,18,19,21). The van der Waals surface area contributed by atoms with Crippen LogP contribution in [0.5, 0.6) is 0 Å². The molecular weight excluding hydrogens is 344 g/mol. The van der Waals surface area contributed by atoms with E-state index >= 15 is 0 Å². The summed E-state index contributed by atoms with van der Waals surface area (Å²) in [6.45, 7) is 1.29. The Morgan fingerprint density at radius 3 is 2.72 bits per heavy atom. The quantitative estimate of drug-likeness (QED) is 0.745. The molecule has 1 N–H and O–H groups in total. The van der Waals surface area contributed by atoms with Crippen molar-refractivity contribution in [2.75, 3.05) is 22.4 Å². The van der Waals surface area contributed by atoms with E-state index in [0.717, 1.165) is 15.9 Å².